The Hall–Kier alpha value is -2.40. The maximum Gasteiger partial charge on any atom is 0.202 e. The Labute approximate surface area is 141 Å². The van der Waals surface area contributed by atoms with Gasteiger partial charge in [-0.2, -0.15) is 0 Å². The Balaban J connectivity index is 2.74. The summed E-state index contributed by atoms with van der Waals surface area (Å²) in [5, 5.41) is 0.618. The predicted octanol–water partition coefficient (Wildman–Crippen LogP) is 3.08. The third-order valence-corrected chi connectivity index (χ3v) is 3.65. The Bertz CT molecular complexity index is 712. The molecule has 2 rings (SSSR count). The monoisotopic (exact) mass is 329 g/mol. The van der Waals surface area contributed by atoms with E-state index in [2.05, 4.69) is 15.0 Å². The minimum atomic E-state index is -0.984. The normalized spacial score (nSPS) is 14.3. The first-order valence-corrected chi connectivity index (χ1v) is 7.56. The van der Waals surface area contributed by atoms with E-state index in [9.17, 15) is 0 Å². The van der Waals surface area contributed by atoms with E-state index in [4.69, 9.17) is 17.3 Å². The highest BCUT2D eigenvalue weighted by Crippen LogP contribution is 2.37. The van der Waals surface area contributed by atoms with Crippen molar-refractivity contribution in [3.8, 4) is 0 Å². The fourth-order valence-electron chi connectivity index (χ4n) is 2.38. The largest absolute Gasteiger partial charge is 0.390 e. The second-order valence-electron chi connectivity index (χ2n) is 5.15. The zero-order chi connectivity index (χ0) is 16.9. The molecule has 0 aliphatic carbocycles. The zero-order valence-electron chi connectivity index (χ0n) is 13.4. The first-order valence-electron chi connectivity index (χ1n) is 7.18. The van der Waals surface area contributed by atoms with Crippen LogP contribution in [0.15, 0.2) is 52.6 Å². The second-order valence-corrected chi connectivity index (χ2v) is 5.58. The molecule has 0 saturated carbocycles. The molecule has 1 unspecified atom stereocenters. The topological polar surface area (TPSA) is 66.9 Å². The van der Waals surface area contributed by atoms with Crippen LogP contribution in [0.3, 0.4) is 0 Å². The summed E-state index contributed by atoms with van der Waals surface area (Å²) in [6.45, 7) is 1.85. The number of benzene rings is 1. The van der Waals surface area contributed by atoms with Gasteiger partial charge in [0.2, 0.25) is 5.66 Å². The molecule has 0 bridgehead atoms. The van der Waals surface area contributed by atoms with Crippen LogP contribution < -0.4 is 10.6 Å². The van der Waals surface area contributed by atoms with Crippen LogP contribution in [-0.4, -0.2) is 31.6 Å². The van der Waals surface area contributed by atoms with Crippen molar-refractivity contribution in [2.24, 2.45) is 15.7 Å². The Kier molecular flexibility index (Phi) is 5.34. The highest BCUT2D eigenvalue weighted by atomic mass is 35.5. The average molecular weight is 330 g/mol. The number of hydrogen-bond acceptors (Lipinski definition) is 4. The van der Waals surface area contributed by atoms with Gasteiger partial charge in [-0.25, -0.2) is 9.98 Å². The molecule has 0 aliphatic rings. The van der Waals surface area contributed by atoms with Crippen LogP contribution in [0.2, 0.25) is 5.02 Å². The maximum absolute atomic E-state index is 6.16. The SMILES string of the molecule is C/C=N/C(/N=C/N)(c1cccc(Cl)c1)c1ccnc(N(C)C)c1. The molecule has 1 aromatic heterocycles. The molecule has 0 amide bonds. The Morgan fingerprint density at radius 1 is 1.17 bits per heavy atom. The molecule has 1 atom stereocenters. The van der Waals surface area contributed by atoms with Crippen molar-refractivity contribution in [1.82, 2.24) is 4.98 Å². The van der Waals surface area contributed by atoms with E-state index in [-0.39, 0.29) is 0 Å². The van der Waals surface area contributed by atoms with Crippen molar-refractivity contribution in [2.75, 3.05) is 19.0 Å². The van der Waals surface area contributed by atoms with Crippen LogP contribution >= 0.6 is 11.6 Å². The quantitative estimate of drug-likeness (QED) is 0.677. The minimum Gasteiger partial charge on any atom is -0.390 e. The van der Waals surface area contributed by atoms with Crippen molar-refractivity contribution in [3.05, 3.63) is 58.7 Å². The number of pyridine rings is 1. The van der Waals surface area contributed by atoms with Gasteiger partial charge in [-0.15, -0.1) is 0 Å². The molecule has 1 aromatic carbocycles. The number of halogens is 1. The van der Waals surface area contributed by atoms with Crippen molar-refractivity contribution in [2.45, 2.75) is 12.6 Å². The van der Waals surface area contributed by atoms with Gasteiger partial charge >= 0.3 is 0 Å². The summed E-state index contributed by atoms with van der Waals surface area (Å²) >= 11 is 6.16. The number of nitrogens with two attached hydrogens (primary N) is 1. The third-order valence-electron chi connectivity index (χ3n) is 3.41. The smallest absolute Gasteiger partial charge is 0.202 e. The van der Waals surface area contributed by atoms with E-state index < -0.39 is 5.66 Å². The molecular weight excluding hydrogens is 310 g/mol. The van der Waals surface area contributed by atoms with Crippen LogP contribution in [0, 0.1) is 0 Å². The summed E-state index contributed by atoms with van der Waals surface area (Å²) in [5.41, 5.74) is 6.34. The molecule has 5 nitrogen and oxygen atoms in total. The van der Waals surface area contributed by atoms with Gasteiger partial charge in [0.05, 0.1) is 6.34 Å². The predicted molar refractivity (Wildman–Crippen MR) is 97.6 cm³/mol. The standard InChI is InChI=1S/C17H20ClN5/c1-4-21-17(22-12-19,13-6-5-7-15(18)10-13)14-8-9-20-16(11-14)23(2)3/h4-12H,1-3H3,(H2,19,22)/b21-4+. The molecule has 120 valence electrons. The lowest BCUT2D eigenvalue weighted by Crippen LogP contribution is -2.25. The summed E-state index contributed by atoms with van der Waals surface area (Å²) in [6.07, 6.45) is 4.72. The fourth-order valence-corrected chi connectivity index (χ4v) is 2.57. The van der Waals surface area contributed by atoms with Gasteiger partial charge in [-0.1, -0.05) is 23.7 Å². The van der Waals surface area contributed by atoms with Gasteiger partial charge in [-0.05, 0) is 37.4 Å². The third kappa shape index (κ3) is 3.51. The highest BCUT2D eigenvalue weighted by Gasteiger charge is 2.33. The van der Waals surface area contributed by atoms with Gasteiger partial charge in [0.15, 0.2) is 0 Å². The Morgan fingerprint density at radius 2 is 1.91 bits per heavy atom. The summed E-state index contributed by atoms with van der Waals surface area (Å²) in [7, 11) is 3.87. The van der Waals surface area contributed by atoms with E-state index in [1.165, 1.54) is 6.34 Å². The number of anilines is 1. The van der Waals surface area contributed by atoms with Gasteiger partial charge < -0.3 is 10.6 Å². The summed E-state index contributed by atoms with van der Waals surface area (Å²) in [4.78, 5) is 15.4. The highest BCUT2D eigenvalue weighted by molar-refractivity contribution is 6.30. The molecule has 0 spiro atoms. The van der Waals surface area contributed by atoms with Crippen molar-refractivity contribution < 1.29 is 0 Å². The van der Waals surface area contributed by atoms with E-state index in [0.29, 0.717) is 5.02 Å². The molecule has 1 heterocycles. The van der Waals surface area contributed by atoms with E-state index in [0.717, 1.165) is 16.9 Å². The molecule has 0 saturated heterocycles. The van der Waals surface area contributed by atoms with E-state index in [1.807, 2.05) is 62.3 Å². The van der Waals surface area contributed by atoms with Crippen molar-refractivity contribution in [1.29, 1.82) is 0 Å². The summed E-state index contributed by atoms with van der Waals surface area (Å²) in [6, 6.07) is 11.3. The molecule has 6 heteroatoms. The average Bonchev–Trinajstić information content (AvgIpc) is 2.54. The number of rotatable bonds is 5. The van der Waals surface area contributed by atoms with Crippen LogP contribution in [0.1, 0.15) is 18.1 Å². The van der Waals surface area contributed by atoms with Crippen LogP contribution in [0.25, 0.3) is 0 Å². The minimum absolute atomic E-state index is 0.618. The second kappa shape index (κ2) is 7.24. The Morgan fingerprint density at radius 3 is 2.52 bits per heavy atom. The van der Waals surface area contributed by atoms with Crippen molar-refractivity contribution in [3.63, 3.8) is 0 Å². The number of aliphatic imine (C=N–C) groups is 2. The lowest BCUT2D eigenvalue weighted by Gasteiger charge is -2.27. The molecule has 2 aromatic rings. The van der Waals surface area contributed by atoms with Crippen LogP contribution in [0.5, 0.6) is 0 Å². The molecule has 2 N–H and O–H groups in total. The van der Waals surface area contributed by atoms with Crippen LogP contribution in [-0.2, 0) is 5.66 Å². The van der Waals surface area contributed by atoms with E-state index in [1.54, 1.807) is 12.4 Å². The molecule has 0 fully saturated rings. The van der Waals surface area contributed by atoms with Gasteiger partial charge in [0, 0.05) is 36.4 Å². The number of aromatic nitrogens is 1. The maximum atomic E-state index is 6.16. The van der Waals surface area contributed by atoms with E-state index >= 15 is 0 Å². The molecule has 0 aliphatic heterocycles. The molecule has 0 radical (unpaired) electrons. The summed E-state index contributed by atoms with van der Waals surface area (Å²) in [5.74, 6) is 0.812. The molecule has 23 heavy (non-hydrogen) atoms. The van der Waals surface area contributed by atoms with Gasteiger partial charge in [0.1, 0.15) is 5.82 Å². The fraction of sp³-hybridized carbons (Fsp3) is 0.235. The first-order chi connectivity index (χ1) is 11.0. The zero-order valence-corrected chi connectivity index (χ0v) is 14.2. The number of nitrogens with zero attached hydrogens (tertiary/aromatic N) is 4. The van der Waals surface area contributed by atoms with Gasteiger partial charge in [-0.3, -0.25) is 4.99 Å². The first kappa shape index (κ1) is 17.0. The van der Waals surface area contributed by atoms with Gasteiger partial charge in [0.25, 0.3) is 0 Å². The van der Waals surface area contributed by atoms with Crippen LogP contribution in [0.4, 0.5) is 5.82 Å². The number of hydrogen-bond donors (Lipinski definition) is 1. The molecular formula is C17H20ClN5. The summed E-state index contributed by atoms with van der Waals surface area (Å²) < 4.78 is 0. The lowest BCUT2D eigenvalue weighted by atomic mass is 9.92. The lowest BCUT2D eigenvalue weighted by molar-refractivity contribution is 0.578. The van der Waals surface area contributed by atoms with Crippen molar-refractivity contribution >= 4 is 30.0 Å².